The van der Waals surface area contributed by atoms with E-state index >= 15 is 0 Å². The normalized spacial score (nSPS) is 18.2. The molecule has 0 saturated carbocycles. The van der Waals surface area contributed by atoms with Crippen molar-refractivity contribution in [2.45, 2.75) is 20.1 Å². The van der Waals surface area contributed by atoms with Gasteiger partial charge in [0.25, 0.3) is 0 Å². The van der Waals surface area contributed by atoms with Crippen molar-refractivity contribution in [3.8, 4) is 0 Å². The summed E-state index contributed by atoms with van der Waals surface area (Å²) in [4.78, 5) is 14.1. The summed E-state index contributed by atoms with van der Waals surface area (Å²) in [6, 6.07) is 0. The Balaban J connectivity index is 2.83. The molecule has 1 rings (SSSR count). The van der Waals surface area contributed by atoms with Gasteiger partial charge in [-0.3, -0.25) is 9.69 Å². The molecule has 1 saturated heterocycles. The van der Waals surface area contributed by atoms with Crippen LogP contribution in [0.2, 0.25) is 0 Å². The summed E-state index contributed by atoms with van der Waals surface area (Å²) in [6.45, 7) is 4.66. The van der Waals surface area contributed by atoms with Crippen LogP contribution in [0.5, 0.6) is 0 Å². The number of thioether (sulfide) groups is 1. The molecule has 0 radical (unpaired) electrons. The van der Waals surface area contributed by atoms with Gasteiger partial charge in [-0.05, 0) is 5.92 Å². The highest BCUT2D eigenvalue weighted by Gasteiger charge is 2.37. The number of carbonyl (C=O) groups is 1. The summed E-state index contributed by atoms with van der Waals surface area (Å²) < 4.78 is 11.1. The van der Waals surface area contributed by atoms with Crippen LogP contribution >= 0.6 is 24.0 Å². The van der Waals surface area contributed by atoms with Gasteiger partial charge in [-0.1, -0.05) is 37.8 Å². The van der Waals surface area contributed by atoms with Crippen molar-refractivity contribution in [2.24, 2.45) is 11.8 Å². The Morgan fingerprint density at radius 3 is 2.35 bits per heavy atom. The number of hydrogen-bond donors (Lipinski definition) is 0. The predicted octanol–water partition coefficient (Wildman–Crippen LogP) is 1.74. The number of methoxy groups -OCH3 is 2. The van der Waals surface area contributed by atoms with Crippen molar-refractivity contribution >= 4 is 34.2 Å². The molecular formula is C11H19NO3S2. The molecule has 98 valence electrons. The monoisotopic (exact) mass is 277 g/mol. The van der Waals surface area contributed by atoms with Gasteiger partial charge in [-0.25, -0.2) is 0 Å². The van der Waals surface area contributed by atoms with Crippen molar-refractivity contribution in [1.82, 2.24) is 4.90 Å². The number of ether oxygens (including phenoxy) is 2. The lowest BCUT2D eigenvalue weighted by atomic mass is 9.93. The standard InChI is InChI=1S/C11H19NO3S2/c1-7(2)8(10(14-3)15-4)9(13)12-5-6-17-11(12)16/h7-8,10H,5-6H2,1-4H3/t8-/m0/s1. The molecule has 1 fully saturated rings. The van der Waals surface area contributed by atoms with E-state index in [1.807, 2.05) is 13.8 Å². The Hall–Kier alpha value is -0.170. The SMILES string of the molecule is COC(OC)[C@H](C(=O)N1CCSC1=S)C(C)C. The van der Waals surface area contributed by atoms with Crippen LogP contribution in [-0.4, -0.2) is 47.9 Å². The van der Waals surface area contributed by atoms with E-state index in [9.17, 15) is 4.79 Å². The second kappa shape index (κ2) is 6.68. The van der Waals surface area contributed by atoms with Crippen LogP contribution in [0.3, 0.4) is 0 Å². The van der Waals surface area contributed by atoms with E-state index in [0.717, 1.165) is 5.75 Å². The molecule has 0 aromatic rings. The first-order valence-corrected chi connectivity index (χ1v) is 6.96. The maximum atomic E-state index is 12.4. The van der Waals surface area contributed by atoms with Crippen molar-refractivity contribution < 1.29 is 14.3 Å². The molecule has 17 heavy (non-hydrogen) atoms. The molecule has 1 aliphatic rings. The second-order valence-corrected chi connectivity index (χ2v) is 5.94. The molecule has 0 aromatic carbocycles. The minimum Gasteiger partial charge on any atom is -0.355 e. The van der Waals surface area contributed by atoms with Gasteiger partial charge in [0.15, 0.2) is 6.29 Å². The lowest BCUT2D eigenvalue weighted by Gasteiger charge is -2.30. The van der Waals surface area contributed by atoms with Crippen LogP contribution in [-0.2, 0) is 14.3 Å². The van der Waals surface area contributed by atoms with Crippen LogP contribution in [0.4, 0.5) is 0 Å². The van der Waals surface area contributed by atoms with E-state index in [4.69, 9.17) is 21.7 Å². The third-order valence-electron chi connectivity index (χ3n) is 2.79. The van der Waals surface area contributed by atoms with Gasteiger partial charge in [0.05, 0.1) is 5.92 Å². The van der Waals surface area contributed by atoms with Gasteiger partial charge in [-0.15, -0.1) is 0 Å². The highest BCUT2D eigenvalue weighted by molar-refractivity contribution is 8.23. The zero-order valence-electron chi connectivity index (χ0n) is 10.6. The first-order valence-electron chi connectivity index (χ1n) is 5.56. The summed E-state index contributed by atoms with van der Waals surface area (Å²) in [5.74, 6) is 0.700. The molecule has 0 unspecified atom stereocenters. The van der Waals surface area contributed by atoms with Gasteiger partial charge < -0.3 is 9.47 Å². The highest BCUT2D eigenvalue weighted by atomic mass is 32.2. The van der Waals surface area contributed by atoms with Crippen molar-refractivity contribution in [3.63, 3.8) is 0 Å². The van der Waals surface area contributed by atoms with Gasteiger partial charge in [0.1, 0.15) is 4.32 Å². The lowest BCUT2D eigenvalue weighted by molar-refractivity contribution is -0.169. The number of hydrogen-bond acceptors (Lipinski definition) is 5. The Labute approximate surface area is 112 Å². The number of carbonyl (C=O) groups excluding carboxylic acids is 1. The van der Waals surface area contributed by atoms with Crippen LogP contribution in [0.25, 0.3) is 0 Å². The highest BCUT2D eigenvalue weighted by Crippen LogP contribution is 2.26. The maximum absolute atomic E-state index is 12.4. The summed E-state index contributed by atoms with van der Waals surface area (Å²) >= 11 is 6.71. The van der Waals surface area contributed by atoms with Crippen LogP contribution in [0.15, 0.2) is 0 Å². The molecule has 0 aromatic heterocycles. The zero-order chi connectivity index (χ0) is 13.0. The minimum absolute atomic E-state index is 0.00343. The number of rotatable bonds is 5. The fourth-order valence-corrected chi connectivity index (χ4v) is 3.10. The fourth-order valence-electron chi connectivity index (χ4n) is 1.88. The van der Waals surface area contributed by atoms with E-state index in [-0.39, 0.29) is 17.7 Å². The lowest BCUT2D eigenvalue weighted by Crippen LogP contribution is -2.44. The summed E-state index contributed by atoms with van der Waals surface area (Å²) in [5.41, 5.74) is 0. The van der Waals surface area contributed by atoms with E-state index in [0.29, 0.717) is 10.9 Å². The molecule has 1 atom stereocenters. The number of amides is 1. The largest absolute Gasteiger partial charge is 0.355 e. The van der Waals surface area contributed by atoms with Gasteiger partial charge in [0, 0.05) is 26.5 Å². The quantitative estimate of drug-likeness (QED) is 0.565. The first-order chi connectivity index (χ1) is 8.02. The number of nitrogens with zero attached hydrogens (tertiary/aromatic N) is 1. The third-order valence-corrected chi connectivity index (χ3v) is 4.22. The molecule has 0 bridgehead atoms. The van der Waals surface area contributed by atoms with Crippen LogP contribution in [0, 0.1) is 11.8 Å². The zero-order valence-corrected chi connectivity index (χ0v) is 12.3. The molecule has 4 nitrogen and oxygen atoms in total. The summed E-state index contributed by atoms with van der Waals surface area (Å²) in [5, 5.41) is 0. The smallest absolute Gasteiger partial charge is 0.236 e. The molecular weight excluding hydrogens is 258 g/mol. The third kappa shape index (κ3) is 3.40. The van der Waals surface area contributed by atoms with E-state index < -0.39 is 6.29 Å². The van der Waals surface area contributed by atoms with Crippen LogP contribution < -0.4 is 0 Å². The average Bonchev–Trinajstić information content (AvgIpc) is 2.70. The Morgan fingerprint density at radius 2 is 2.00 bits per heavy atom. The fraction of sp³-hybridized carbons (Fsp3) is 0.818. The first kappa shape index (κ1) is 14.9. The van der Waals surface area contributed by atoms with Crippen LogP contribution in [0.1, 0.15) is 13.8 Å². The minimum atomic E-state index is -0.518. The molecule has 1 amide bonds. The Morgan fingerprint density at radius 1 is 1.41 bits per heavy atom. The van der Waals surface area contributed by atoms with Crippen molar-refractivity contribution in [3.05, 3.63) is 0 Å². The predicted molar refractivity (Wildman–Crippen MR) is 72.9 cm³/mol. The summed E-state index contributed by atoms with van der Waals surface area (Å²) in [7, 11) is 3.10. The molecule has 0 N–H and O–H groups in total. The molecule has 1 heterocycles. The van der Waals surface area contributed by atoms with E-state index in [1.165, 1.54) is 0 Å². The molecule has 0 aliphatic carbocycles. The molecule has 0 spiro atoms. The average molecular weight is 277 g/mol. The Bertz CT molecular complexity index is 292. The molecule has 6 heteroatoms. The van der Waals surface area contributed by atoms with Gasteiger partial charge >= 0.3 is 0 Å². The van der Waals surface area contributed by atoms with Gasteiger partial charge in [0.2, 0.25) is 5.91 Å². The van der Waals surface area contributed by atoms with Crippen molar-refractivity contribution in [2.75, 3.05) is 26.5 Å². The topological polar surface area (TPSA) is 38.8 Å². The van der Waals surface area contributed by atoms with E-state index in [2.05, 4.69) is 0 Å². The van der Waals surface area contributed by atoms with Gasteiger partial charge in [-0.2, -0.15) is 0 Å². The Kier molecular flexibility index (Phi) is 5.85. The summed E-state index contributed by atoms with van der Waals surface area (Å²) in [6.07, 6.45) is -0.518. The van der Waals surface area contributed by atoms with E-state index in [1.54, 1.807) is 30.9 Å². The maximum Gasteiger partial charge on any atom is 0.236 e. The molecule has 1 aliphatic heterocycles. The second-order valence-electron chi connectivity index (χ2n) is 4.21. The van der Waals surface area contributed by atoms with Crippen molar-refractivity contribution in [1.29, 1.82) is 0 Å². The number of thiocarbonyl (C=S) groups is 1.